The van der Waals surface area contributed by atoms with E-state index in [-0.39, 0.29) is 5.69 Å². The standard InChI is InChI=1S/C9H12AsNO5/c1-5-3-7(10(14,15)16)9(13)8(4-5)11-6(2)12/h3-4,13H,1-2H3,(H,11,12)(H2,14,15,16). The van der Waals surface area contributed by atoms with Gasteiger partial charge in [-0.1, -0.05) is 0 Å². The van der Waals surface area contributed by atoms with Gasteiger partial charge >= 0.3 is 94.6 Å². The van der Waals surface area contributed by atoms with Crippen LogP contribution in [-0.4, -0.2) is 33.4 Å². The van der Waals surface area contributed by atoms with Gasteiger partial charge in [0.15, 0.2) is 0 Å². The molecule has 0 aromatic heterocycles. The van der Waals surface area contributed by atoms with Gasteiger partial charge in [0.1, 0.15) is 0 Å². The Balaban J connectivity index is 3.38. The molecule has 0 saturated heterocycles. The number of anilines is 1. The quantitative estimate of drug-likeness (QED) is 0.422. The summed E-state index contributed by atoms with van der Waals surface area (Å²) >= 11 is -5.19. The molecule has 88 valence electrons. The second-order valence-electron chi connectivity index (χ2n) is 3.41. The summed E-state index contributed by atoms with van der Waals surface area (Å²) in [6.45, 7) is 2.85. The second kappa shape index (κ2) is 4.33. The molecule has 0 saturated carbocycles. The first-order chi connectivity index (χ1) is 7.21. The van der Waals surface area contributed by atoms with Gasteiger partial charge in [0.05, 0.1) is 0 Å². The summed E-state index contributed by atoms with van der Waals surface area (Å²) < 4.78 is 28.8. The Labute approximate surface area is 94.9 Å². The molecule has 0 spiro atoms. The zero-order valence-electron chi connectivity index (χ0n) is 8.76. The first kappa shape index (κ1) is 12.8. The molecule has 1 aromatic rings. The Morgan fingerprint density at radius 3 is 2.38 bits per heavy atom. The predicted molar refractivity (Wildman–Crippen MR) is 57.7 cm³/mol. The Bertz CT molecular complexity index is 479. The number of carbonyl (C=O) groups is 1. The Hall–Kier alpha value is -1.23. The van der Waals surface area contributed by atoms with E-state index in [9.17, 15) is 13.6 Å². The predicted octanol–water partition coefficient (Wildman–Crippen LogP) is -0.780. The molecule has 0 fully saturated rings. The maximum atomic E-state index is 11.1. The molecule has 4 N–H and O–H groups in total. The molecule has 0 aliphatic rings. The van der Waals surface area contributed by atoms with Gasteiger partial charge in [0.2, 0.25) is 0 Å². The van der Waals surface area contributed by atoms with Crippen LogP contribution in [0.3, 0.4) is 0 Å². The van der Waals surface area contributed by atoms with Crippen LogP contribution in [0.2, 0.25) is 0 Å². The third kappa shape index (κ3) is 2.88. The molecule has 0 heterocycles. The fourth-order valence-electron chi connectivity index (χ4n) is 1.27. The van der Waals surface area contributed by atoms with Crippen molar-refractivity contribution in [1.82, 2.24) is 0 Å². The van der Waals surface area contributed by atoms with Gasteiger partial charge in [-0.3, -0.25) is 0 Å². The third-order valence-electron chi connectivity index (χ3n) is 1.86. The molecule has 0 aliphatic heterocycles. The molecular weight excluding hydrogens is 277 g/mol. The molecule has 1 aromatic carbocycles. The van der Waals surface area contributed by atoms with E-state index in [0.29, 0.717) is 5.56 Å². The number of phenols is 1. The zero-order chi connectivity index (χ0) is 12.5. The van der Waals surface area contributed by atoms with E-state index in [1.807, 2.05) is 0 Å². The van der Waals surface area contributed by atoms with E-state index >= 15 is 0 Å². The molecule has 7 heteroatoms. The molecule has 6 nitrogen and oxygen atoms in total. The number of hydrogen-bond acceptors (Lipinski definition) is 3. The topological polar surface area (TPSA) is 107 Å². The van der Waals surface area contributed by atoms with Crippen molar-refractivity contribution >= 4 is 30.1 Å². The average Bonchev–Trinajstić information content (AvgIpc) is 2.07. The van der Waals surface area contributed by atoms with Crippen LogP contribution in [0, 0.1) is 6.92 Å². The minimum atomic E-state index is -5.19. The number of aryl methyl sites for hydroxylation is 1. The van der Waals surface area contributed by atoms with Gasteiger partial charge in [-0.2, -0.15) is 0 Å². The van der Waals surface area contributed by atoms with Crippen molar-refractivity contribution in [3.63, 3.8) is 0 Å². The average molecular weight is 289 g/mol. The summed E-state index contributed by atoms with van der Waals surface area (Å²) in [7, 11) is 0. The number of benzene rings is 1. The van der Waals surface area contributed by atoms with Crippen molar-refractivity contribution in [3.05, 3.63) is 17.7 Å². The first-order valence-corrected chi connectivity index (χ1v) is 7.77. The fraction of sp³-hybridized carbons (Fsp3) is 0.222. The van der Waals surface area contributed by atoms with Gasteiger partial charge in [0, 0.05) is 0 Å². The zero-order valence-corrected chi connectivity index (χ0v) is 10.6. The van der Waals surface area contributed by atoms with Crippen LogP contribution in [0.1, 0.15) is 12.5 Å². The van der Waals surface area contributed by atoms with Crippen LogP contribution >= 0.6 is 0 Å². The third-order valence-corrected chi connectivity index (χ3v) is 3.89. The van der Waals surface area contributed by atoms with E-state index in [1.54, 1.807) is 6.92 Å². The normalized spacial score (nSPS) is 11.2. The first-order valence-electron chi connectivity index (χ1n) is 4.39. The molecule has 0 atom stereocenters. The molecule has 16 heavy (non-hydrogen) atoms. The van der Waals surface area contributed by atoms with Crippen molar-refractivity contribution in [2.75, 3.05) is 5.32 Å². The second-order valence-corrected chi connectivity index (χ2v) is 6.70. The molecule has 1 amide bonds. The number of carbonyl (C=O) groups excluding carboxylic acids is 1. The van der Waals surface area contributed by atoms with Crippen molar-refractivity contribution in [2.24, 2.45) is 0 Å². The maximum absolute atomic E-state index is 11.1. The molecular formula is C9H12AsNO5. The van der Waals surface area contributed by atoms with E-state index in [4.69, 9.17) is 8.19 Å². The van der Waals surface area contributed by atoms with E-state index in [1.165, 1.54) is 19.1 Å². The van der Waals surface area contributed by atoms with E-state index < -0.39 is 30.2 Å². The molecule has 1 rings (SSSR count). The number of nitrogens with one attached hydrogen (secondary N) is 1. The van der Waals surface area contributed by atoms with Gasteiger partial charge in [-0.25, -0.2) is 0 Å². The Kier molecular flexibility index (Phi) is 3.47. The number of hydrogen-bond donors (Lipinski definition) is 4. The molecule has 0 unspecified atom stereocenters. The van der Waals surface area contributed by atoms with Crippen molar-refractivity contribution in [2.45, 2.75) is 13.8 Å². The number of rotatable bonds is 2. The van der Waals surface area contributed by atoms with Gasteiger partial charge < -0.3 is 0 Å². The molecule has 0 aliphatic carbocycles. The Morgan fingerprint density at radius 2 is 1.94 bits per heavy atom. The number of phenolic OH excluding ortho intramolecular Hbond substituents is 1. The summed E-state index contributed by atoms with van der Waals surface area (Å²) in [6.07, 6.45) is 0. The number of amides is 1. The van der Waals surface area contributed by atoms with Crippen LogP contribution in [-0.2, 0) is 8.53 Å². The number of aromatic hydroxyl groups is 1. The van der Waals surface area contributed by atoms with Crippen LogP contribution in [0.25, 0.3) is 0 Å². The summed E-state index contributed by atoms with van der Waals surface area (Å²) in [5, 5.41) is 11.9. The summed E-state index contributed by atoms with van der Waals surface area (Å²) in [4.78, 5) is 10.8. The van der Waals surface area contributed by atoms with Gasteiger partial charge in [0.25, 0.3) is 0 Å². The summed E-state index contributed by atoms with van der Waals surface area (Å²) in [6, 6.07) is 2.65. The van der Waals surface area contributed by atoms with Crippen LogP contribution < -0.4 is 9.67 Å². The van der Waals surface area contributed by atoms with Gasteiger partial charge in [-0.05, 0) is 0 Å². The summed E-state index contributed by atoms with van der Waals surface area (Å²) in [5.74, 6) is -1.00. The van der Waals surface area contributed by atoms with Crippen LogP contribution in [0.5, 0.6) is 5.75 Å². The summed E-state index contributed by atoms with van der Waals surface area (Å²) in [5.41, 5.74) is 0.550. The molecule has 0 bridgehead atoms. The van der Waals surface area contributed by atoms with Crippen LogP contribution in [0.15, 0.2) is 12.1 Å². The van der Waals surface area contributed by atoms with Crippen LogP contribution in [0.4, 0.5) is 5.69 Å². The van der Waals surface area contributed by atoms with E-state index in [0.717, 1.165) is 0 Å². The monoisotopic (exact) mass is 289 g/mol. The van der Waals surface area contributed by atoms with Crippen molar-refractivity contribution in [1.29, 1.82) is 0 Å². The Morgan fingerprint density at radius 1 is 1.38 bits per heavy atom. The van der Waals surface area contributed by atoms with Crippen molar-refractivity contribution < 1.29 is 21.8 Å². The van der Waals surface area contributed by atoms with E-state index in [2.05, 4.69) is 5.32 Å². The molecule has 0 radical (unpaired) electrons. The minimum absolute atomic E-state index is 0.00670. The van der Waals surface area contributed by atoms with Crippen molar-refractivity contribution in [3.8, 4) is 5.75 Å². The SMILES string of the molecule is CC(=O)Nc1cc(C)cc([As](=O)(O)O)c1O. The van der Waals surface area contributed by atoms with Gasteiger partial charge in [-0.15, -0.1) is 0 Å². The fourth-order valence-corrected chi connectivity index (χ4v) is 2.88.